The number of halogens is 1. The van der Waals surface area contributed by atoms with Crippen LogP contribution in [0.25, 0.3) is 6.08 Å². The van der Waals surface area contributed by atoms with Crippen LogP contribution in [0.4, 0.5) is 15.8 Å². The van der Waals surface area contributed by atoms with Crippen LogP contribution in [0.2, 0.25) is 0 Å². The van der Waals surface area contributed by atoms with E-state index < -0.39 is 11.7 Å². The average molecular weight is 379 g/mol. The fourth-order valence-electron chi connectivity index (χ4n) is 3.20. The van der Waals surface area contributed by atoms with Gasteiger partial charge in [-0.3, -0.25) is 4.79 Å². The van der Waals surface area contributed by atoms with Crippen LogP contribution in [0.1, 0.15) is 24.8 Å². The lowest BCUT2D eigenvalue weighted by Gasteiger charge is -2.29. The van der Waals surface area contributed by atoms with Crippen LogP contribution in [0.3, 0.4) is 0 Å². The highest BCUT2D eigenvalue weighted by molar-refractivity contribution is 6.09. The van der Waals surface area contributed by atoms with Gasteiger partial charge in [0.05, 0.1) is 7.11 Å². The fraction of sp³-hybridized carbons (Fsp3) is 0.273. The molecule has 2 aromatic carbocycles. The Hall–Kier alpha value is -3.33. The molecule has 0 unspecified atom stereocenters. The maximum absolute atomic E-state index is 13.0. The Balaban J connectivity index is 1.81. The number of amides is 1. The summed E-state index contributed by atoms with van der Waals surface area (Å²) in [5.41, 5.74) is 2.07. The molecule has 1 aliphatic heterocycles. The highest BCUT2D eigenvalue weighted by Gasteiger charge is 2.15. The largest absolute Gasteiger partial charge is 0.496 e. The van der Waals surface area contributed by atoms with Gasteiger partial charge in [-0.2, -0.15) is 5.26 Å². The van der Waals surface area contributed by atoms with Gasteiger partial charge < -0.3 is 15.0 Å². The molecule has 0 aromatic heterocycles. The number of anilines is 2. The van der Waals surface area contributed by atoms with Gasteiger partial charge in [0.25, 0.3) is 5.91 Å². The zero-order valence-electron chi connectivity index (χ0n) is 15.7. The number of hydrogen-bond acceptors (Lipinski definition) is 4. The van der Waals surface area contributed by atoms with Crippen molar-refractivity contribution in [2.45, 2.75) is 19.3 Å². The molecular formula is C22H22FN3O2. The molecule has 1 N–H and O–H groups in total. The summed E-state index contributed by atoms with van der Waals surface area (Å²) in [5, 5.41) is 12.0. The van der Waals surface area contributed by atoms with Gasteiger partial charge in [0.15, 0.2) is 0 Å². The Bertz CT molecular complexity index is 910. The van der Waals surface area contributed by atoms with Crippen molar-refractivity contribution in [3.63, 3.8) is 0 Å². The van der Waals surface area contributed by atoms with E-state index in [2.05, 4.69) is 10.2 Å². The smallest absolute Gasteiger partial charge is 0.266 e. The zero-order chi connectivity index (χ0) is 19.9. The maximum Gasteiger partial charge on any atom is 0.266 e. The second-order valence-corrected chi connectivity index (χ2v) is 6.60. The van der Waals surface area contributed by atoms with E-state index in [9.17, 15) is 14.4 Å². The van der Waals surface area contributed by atoms with Crippen LogP contribution in [-0.2, 0) is 4.79 Å². The third kappa shape index (κ3) is 4.68. The quantitative estimate of drug-likeness (QED) is 0.619. The van der Waals surface area contributed by atoms with Gasteiger partial charge in [0.2, 0.25) is 0 Å². The van der Waals surface area contributed by atoms with Crippen molar-refractivity contribution < 1.29 is 13.9 Å². The summed E-state index contributed by atoms with van der Waals surface area (Å²) in [6.45, 7) is 2.03. The van der Waals surface area contributed by atoms with Crippen LogP contribution in [-0.4, -0.2) is 26.1 Å². The number of nitrogens with zero attached hydrogens (tertiary/aromatic N) is 2. The second kappa shape index (κ2) is 9.05. The summed E-state index contributed by atoms with van der Waals surface area (Å²) >= 11 is 0. The number of nitrogens with one attached hydrogen (secondary N) is 1. The van der Waals surface area contributed by atoms with Crippen molar-refractivity contribution in [2.75, 3.05) is 30.4 Å². The lowest BCUT2D eigenvalue weighted by Crippen LogP contribution is -2.29. The standard InChI is InChI=1S/C22H22FN3O2/c1-28-21-14-20(26-11-3-2-4-12-26)10-5-16(21)13-17(15-24)22(27)25-19-8-6-18(23)7-9-19/h5-10,13-14H,2-4,11-12H2,1H3,(H,25,27)/b17-13-. The first-order valence-corrected chi connectivity index (χ1v) is 9.22. The highest BCUT2D eigenvalue weighted by atomic mass is 19.1. The van der Waals surface area contributed by atoms with Crippen LogP contribution < -0.4 is 15.0 Å². The first kappa shape index (κ1) is 19.4. The molecule has 0 saturated carbocycles. The lowest BCUT2D eigenvalue weighted by molar-refractivity contribution is -0.112. The SMILES string of the molecule is COc1cc(N2CCCCC2)ccc1/C=C(/C#N)C(=O)Nc1ccc(F)cc1. The number of ether oxygens (including phenoxy) is 1. The Morgan fingerprint density at radius 3 is 2.54 bits per heavy atom. The van der Waals surface area contributed by atoms with E-state index in [1.807, 2.05) is 24.3 Å². The first-order chi connectivity index (χ1) is 13.6. The van der Waals surface area contributed by atoms with Gasteiger partial charge >= 0.3 is 0 Å². The number of benzene rings is 2. The van der Waals surface area contributed by atoms with E-state index in [0.717, 1.165) is 18.8 Å². The predicted octanol–water partition coefficient (Wildman–Crippen LogP) is 4.37. The van der Waals surface area contributed by atoms with Gasteiger partial charge in [-0.05, 0) is 61.7 Å². The number of carbonyl (C=O) groups excluding carboxylic acids is 1. The molecule has 1 saturated heterocycles. The van der Waals surface area contributed by atoms with E-state index in [0.29, 0.717) is 17.0 Å². The number of rotatable bonds is 5. The highest BCUT2D eigenvalue weighted by Crippen LogP contribution is 2.29. The van der Waals surface area contributed by atoms with E-state index >= 15 is 0 Å². The van der Waals surface area contributed by atoms with Crippen molar-refractivity contribution in [3.8, 4) is 11.8 Å². The molecule has 6 heteroatoms. The lowest BCUT2D eigenvalue weighted by atomic mass is 10.1. The van der Waals surface area contributed by atoms with E-state index in [-0.39, 0.29) is 5.57 Å². The van der Waals surface area contributed by atoms with Gasteiger partial charge in [-0.1, -0.05) is 0 Å². The van der Waals surface area contributed by atoms with Crippen LogP contribution in [0.5, 0.6) is 5.75 Å². The molecule has 1 fully saturated rings. The van der Waals surface area contributed by atoms with Crippen molar-refractivity contribution in [1.29, 1.82) is 5.26 Å². The summed E-state index contributed by atoms with van der Waals surface area (Å²) in [7, 11) is 1.57. The molecule has 28 heavy (non-hydrogen) atoms. The van der Waals surface area contributed by atoms with Crippen molar-refractivity contribution in [1.82, 2.24) is 0 Å². The summed E-state index contributed by atoms with van der Waals surface area (Å²) in [5.74, 6) is -0.353. The fourth-order valence-corrected chi connectivity index (χ4v) is 3.20. The van der Waals surface area contributed by atoms with E-state index in [4.69, 9.17) is 4.74 Å². The second-order valence-electron chi connectivity index (χ2n) is 6.60. The molecule has 0 bridgehead atoms. The van der Waals surface area contributed by atoms with Crippen molar-refractivity contribution in [3.05, 3.63) is 59.4 Å². The molecular weight excluding hydrogens is 357 g/mol. The Kier molecular flexibility index (Phi) is 6.28. The topological polar surface area (TPSA) is 65.4 Å². The van der Waals surface area contributed by atoms with Gasteiger partial charge in [0.1, 0.15) is 23.2 Å². The van der Waals surface area contributed by atoms with Crippen LogP contribution in [0, 0.1) is 17.1 Å². The summed E-state index contributed by atoms with van der Waals surface area (Å²) in [4.78, 5) is 14.7. The number of piperidine rings is 1. The minimum Gasteiger partial charge on any atom is -0.496 e. The molecule has 144 valence electrons. The molecule has 5 nitrogen and oxygen atoms in total. The molecule has 0 atom stereocenters. The van der Waals surface area contributed by atoms with E-state index in [1.165, 1.54) is 49.6 Å². The van der Waals surface area contributed by atoms with Crippen LogP contribution in [0.15, 0.2) is 48.0 Å². The molecule has 0 aliphatic carbocycles. The van der Waals surface area contributed by atoms with Gasteiger partial charge in [-0.15, -0.1) is 0 Å². The third-order valence-corrected chi connectivity index (χ3v) is 4.71. The first-order valence-electron chi connectivity index (χ1n) is 9.22. The summed E-state index contributed by atoms with van der Waals surface area (Å²) in [6, 6.07) is 13.1. The average Bonchev–Trinajstić information content (AvgIpc) is 2.74. The molecule has 0 spiro atoms. The maximum atomic E-state index is 13.0. The molecule has 1 amide bonds. The minimum absolute atomic E-state index is 0.0617. The molecule has 0 radical (unpaired) electrons. The Morgan fingerprint density at radius 1 is 1.18 bits per heavy atom. The number of nitriles is 1. The van der Waals surface area contributed by atoms with Gasteiger partial charge in [-0.25, -0.2) is 4.39 Å². The monoisotopic (exact) mass is 379 g/mol. The summed E-state index contributed by atoms with van der Waals surface area (Å²) < 4.78 is 18.5. The zero-order valence-corrected chi connectivity index (χ0v) is 15.7. The van der Waals surface area contributed by atoms with Crippen molar-refractivity contribution in [2.24, 2.45) is 0 Å². The Morgan fingerprint density at radius 2 is 1.89 bits per heavy atom. The number of hydrogen-bond donors (Lipinski definition) is 1. The predicted molar refractivity (Wildman–Crippen MR) is 108 cm³/mol. The number of carbonyl (C=O) groups is 1. The molecule has 1 heterocycles. The summed E-state index contributed by atoms with van der Waals surface area (Å²) in [6.07, 6.45) is 5.10. The third-order valence-electron chi connectivity index (χ3n) is 4.71. The molecule has 3 rings (SSSR count). The van der Waals surface area contributed by atoms with Crippen LogP contribution >= 0.6 is 0 Å². The normalized spacial score (nSPS) is 14.3. The number of methoxy groups -OCH3 is 1. The van der Waals surface area contributed by atoms with Crippen molar-refractivity contribution >= 4 is 23.4 Å². The Labute approximate surface area is 164 Å². The molecule has 2 aromatic rings. The minimum atomic E-state index is -0.559. The van der Waals surface area contributed by atoms with Gasteiger partial charge in [0, 0.05) is 36.1 Å². The van der Waals surface area contributed by atoms with E-state index in [1.54, 1.807) is 7.11 Å². The molecule has 1 aliphatic rings.